The van der Waals surface area contributed by atoms with Crippen LogP contribution in [0.2, 0.25) is 0 Å². The van der Waals surface area contributed by atoms with Gasteiger partial charge in [-0.05, 0) is 45.9 Å². The largest absolute Gasteiger partial charge is 0.490 e. The molecule has 104 valence electrons. The van der Waals surface area contributed by atoms with Gasteiger partial charge in [0, 0.05) is 17.4 Å². The average Bonchev–Trinajstić information content (AvgIpc) is 2.62. The standard InChI is InChI=1S/C13H12BrN3O2S/c14-11-7-12(15)17-13(16-11)20-8-2-3-9-10(6-8)19-5-1-4-18-9/h2-3,6-7H,1,4-5H2,(H2,15,16,17). The summed E-state index contributed by atoms with van der Waals surface area (Å²) in [5.74, 6) is 1.97. The first-order valence-electron chi connectivity index (χ1n) is 6.08. The fourth-order valence-electron chi connectivity index (χ4n) is 1.77. The third-order valence-electron chi connectivity index (χ3n) is 2.62. The summed E-state index contributed by atoms with van der Waals surface area (Å²) in [6.07, 6.45) is 0.891. The van der Waals surface area contributed by atoms with E-state index in [1.165, 1.54) is 11.8 Å². The molecule has 0 atom stereocenters. The molecule has 2 N–H and O–H groups in total. The maximum absolute atomic E-state index is 5.71. The van der Waals surface area contributed by atoms with Gasteiger partial charge in [-0.15, -0.1) is 0 Å². The highest BCUT2D eigenvalue weighted by molar-refractivity contribution is 9.10. The smallest absolute Gasteiger partial charge is 0.195 e. The van der Waals surface area contributed by atoms with Crippen LogP contribution in [0.25, 0.3) is 0 Å². The monoisotopic (exact) mass is 353 g/mol. The summed E-state index contributed by atoms with van der Waals surface area (Å²) in [4.78, 5) is 9.44. The molecule has 0 fully saturated rings. The first-order chi connectivity index (χ1) is 9.70. The summed E-state index contributed by atoms with van der Waals surface area (Å²) in [7, 11) is 0. The Balaban J connectivity index is 1.85. The number of nitrogen functional groups attached to an aromatic ring is 1. The van der Waals surface area contributed by atoms with Crippen molar-refractivity contribution in [1.29, 1.82) is 0 Å². The second kappa shape index (κ2) is 5.88. The zero-order chi connectivity index (χ0) is 13.9. The molecule has 1 aliphatic heterocycles. The molecular formula is C13H12BrN3O2S. The molecule has 7 heteroatoms. The number of nitrogens with zero attached hydrogens (tertiary/aromatic N) is 2. The third-order valence-corrected chi connectivity index (χ3v) is 3.88. The molecule has 2 heterocycles. The number of fused-ring (bicyclic) bond motifs is 1. The molecule has 1 aliphatic rings. The minimum absolute atomic E-state index is 0.434. The van der Waals surface area contributed by atoms with Gasteiger partial charge in [-0.2, -0.15) is 0 Å². The van der Waals surface area contributed by atoms with E-state index in [4.69, 9.17) is 15.2 Å². The number of anilines is 1. The predicted octanol–water partition coefficient (Wildman–Crippen LogP) is 3.13. The Morgan fingerprint density at radius 3 is 2.70 bits per heavy atom. The summed E-state index contributed by atoms with van der Waals surface area (Å²) < 4.78 is 11.9. The fourth-order valence-corrected chi connectivity index (χ4v) is 3.10. The van der Waals surface area contributed by atoms with Crippen LogP contribution in [-0.4, -0.2) is 23.2 Å². The van der Waals surface area contributed by atoms with Gasteiger partial charge in [0.15, 0.2) is 16.7 Å². The first kappa shape index (κ1) is 13.5. The molecule has 3 rings (SSSR count). The van der Waals surface area contributed by atoms with Gasteiger partial charge in [0.25, 0.3) is 0 Å². The molecule has 1 aromatic carbocycles. The van der Waals surface area contributed by atoms with E-state index in [0.29, 0.717) is 28.8 Å². The van der Waals surface area contributed by atoms with Crippen LogP contribution in [0.4, 0.5) is 5.82 Å². The van der Waals surface area contributed by atoms with Gasteiger partial charge < -0.3 is 15.2 Å². The zero-order valence-electron chi connectivity index (χ0n) is 10.5. The van der Waals surface area contributed by atoms with Crippen LogP contribution in [0, 0.1) is 0 Å². The molecule has 0 spiro atoms. The Kier molecular flexibility index (Phi) is 3.98. The van der Waals surface area contributed by atoms with Crippen molar-refractivity contribution in [3.8, 4) is 11.5 Å². The molecule has 5 nitrogen and oxygen atoms in total. The van der Waals surface area contributed by atoms with E-state index >= 15 is 0 Å². The number of hydrogen-bond donors (Lipinski definition) is 1. The Morgan fingerprint density at radius 1 is 1.10 bits per heavy atom. The van der Waals surface area contributed by atoms with E-state index in [0.717, 1.165) is 22.8 Å². The Morgan fingerprint density at radius 2 is 1.90 bits per heavy atom. The molecule has 0 bridgehead atoms. The zero-order valence-corrected chi connectivity index (χ0v) is 12.9. The second-order valence-electron chi connectivity index (χ2n) is 4.16. The fraction of sp³-hybridized carbons (Fsp3) is 0.231. The van der Waals surface area contributed by atoms with Crippen LogP contribution in [0.3, 0.4) is 0 Å². The van der Waals surface area contributed by atoms with Gasteiger partial charge in [0.2, 0.25) is 0 Å². The lowest BCUT2D eigenvalue weighted by Gasteiger charge is -2.08. The molecule has 20 heavy (non-hydrogen) atoms. The number of rotatable bonds is 2. The van der Waals surface area contributed by atoms with Crippen molar-refractivity contribution >= 4 is 33.5 Å². The molecule has 0 saturated heterocycles. The van der Waals surface area contributed by atoms with E-state index in [-0.39, 0.29) is 0 Å². The minimum atomic E-state index is 0.434. The summed E-state index contributed by atoms with van der Waals surface area (Å²) >= 11 is 4.74. The van der Waals surface area contributed by atoms with Crippen molar-refractivity contribution in [2.24, 2.45) is 0 Å². The summed E-state index contributed by atoms with van der Waals surface area (Å²) in [5, 5.41) is 0.589. The maximum atomic E-state index is 5.71. The molecular weight excluding hydrogens is 342 g/mol. The van der Waals surface area contributed by atoms with Crippen molar-refractivity contribution in [1.82, 2.24) is 9.97 Å². The van der Waals surface area contributed by atoms with Crippen LogP contribution in [0.15, 0.2) is 38.9 Å². The average molecular weight is 354 g/mol. The molecule has 2 aromatic rings. The topological polar surface area (TPSA) is 70.3 Å². The predicted molar refractivity (Wildman–Crippen MR) is 80.3 cm³/mol. The van der Waals surface area contributed by atoms with Crippen LogP contribution < -0.4 is 15.2 Å². The van der Waals surface area contributed by atoms with E-state index in [9.17, 15) is 0 Å². The molecule has 0 radical (unpaired) electrons. The molecule has 1 aromatic heterocycles. The van der Waals surface area contributed by atoms with Gasteiger partial charge in [-0.25, -0.2) is 9.97 Å². The number of hydrogen-bond acceptors (Lipinski definition) is 6. The lowest BCUT2D eigenvalue weighted by Crippen LogP contribution is -1.97. The maximum Gasteiger partial charge on any atom is 0.195 e. The molecule has 0 unspecified atom stereocenters. The number of benzene rings is 1. The van der Waals surface area contributed by atoms with Crippen LogP contribution in [0.1, 0.15) is 6.42 Å². The first-order valence-corrected chi connectivity index (χ1v) is 7.69. The van der Waals surface area contributed by atoms with Crippen molar-refractivity contribution in [2.75, 3.05) is 18.9 Å². The normalized spacial score (nSPS) is 13.8. The van der Waals surface area contributed by atoms with Gasteiger partial charge >= 0.3 is 0 Å². The van der Waals surface area contributed by atoms with Crippen LogP contribution in [0.5, 0.6) is 11.5 Å². The highest BCUT2D eigenvalue weighted by Crippen LogP contribution is 2.35. The molecule has 0 aliphatic carbocycles. The van der Waals surface area contributed by atoms with Gasteiger partial charge in [-0.1, -0.05) is 0 Å². The van der Waals surface area contributed by atoms with E-state index in [2.05, 4.69) is 25.9 Å². The third kappa shape index (κ3) is 3.16. The van der Waals surface area contributed by atoms with E-state index in [1.807, 2.05) is 18.2 Å². The lowest BCUT2D eigenvalue weighted by atomic mass is 10.3. The van der Waals surface area contributed by atoms with Crippen molar-refractivity contribution in [2.45, 2.75) is 16.5 Å². The summed E-state index contributed by atoms with van der Waals surface area (Å²) in [6.45, 7) is 1.35. The summed E-state index contributed by atoms with van der Waals surface area (Å²) in [6, 6.07) is 7.47. The van der Waals surface area contributed by atoms with Gasteiger partial charge in [0.05, 0.1) is 13.2 Å². The Labute approximate surface area is 129 Å². The second-order valence-corrected chi connectivity index (χ2v) is 6.01. The van der Waals surface area contributed by atoms with Crippen molar-refractivity contribution in [3.05, 3.63) is 28.9 Å². The Hall–Kier alpha value is -1.47. The highest BCUT2D eigenvalue weighted by atomic mass is 79.9. The SMILES string of the molecule is Nc1cc(Br)nc(Sc2ccc3c(c2)OCCCO3)n1. The van der Waals surface area contributed by atoms with Gasteiger partial charge in [0.1, 0.15) is 10.4 Å². The highest BCUT2D eigenvalue weighted by Gasteiger charge is 2.12. The van der Waals surface area contributed by atoms with Crippen LogP contribution >= 0.6 is 27.7 Å². The number of aromatic nitrogens is 2. The van der Waals surface area contributed by atoms with E-state index in [1.54, 1.807) is 6.07 Å². The van der Waals surface area contributed by atoms with E-state index < -0.39 is 0 Å². The lowest BCUT2D eigenvalue weighted by molar-refractivity contribution is 0.297. The number of ether oxygens (including phenoxy) is 2. The molecule has 0 amide bonds. The quantitative estimate of drug-likeness (QED) is 0.660. The number of nitrogens with two attached hydrogens (primary N) is 1. The summed E-state index contributed by atoms with van der Waals surface area (Å²) in [5.41, 5.74) is 5.71. The van der Waals surface area contributed by atoms with Crippen molar-refractivity contribution < 1.29 is 9.47 Å². The Bertz CT molecular complexity index is 619. The number of halogens is 1. The van der Waals surface area contributed by atoms with Crippen molar-refractivity contribution in [3.63, 3.8) is 0 Å². The van der Waals surface area contributed by atoms with Crippen LogP contribution in [-0.2, 0) is 0 Å². The van der Waals surface area contributed by atoms with Gasteiger partial charge in [-0.3, -0.25) is 0 Å². The minimum Gasteiger partial charge on any atom is -0.490 e. The molecule has 0 saturated carbocycles.